The summed E-state index contributed by atoms with van der Waals surface area (Å²) < 4.78 is 5.53. The van der Waals surface area contributed by atoms with E-state index >= 15 is 0 Å². The lowest BCUT2D eigenvalue weighted by atomic mass is 10.0. The second-order valence-electron chi connectivity index (χ2n) is 3.99. The van der Waals surface area contributed by atoms with Gasteiger partial charge < -0.3 is 10.1 Å². The van der Waals surface area contributed by atoms with Gasteiger partial charge in [0.25, 0.3) is 0 Å². The van der Waals surface area contributed by atoms with Crippen LogP contribution in [0.15, 0.2) is 12.2 Å². The molecule has 2 nitrogen and oxygen atoms in total. The Kier molecular flexibility index (Phi) is 5.53. The molecule has 0 aromatic carbocycles. The Labute approximate surface area is 92.5 Å². The van der Waals surface area contributed by atoms with Gasteiger partial charge in [-0.05, 0) is 32.2 Å². The predicted octanol–water partition coefficient (Wildman–Crippen LogP) is 2.29. The normalized spacial score (nSPS) is 33.1. The van der Waals surface area contributed by atoms with Crippen LogP contribution in [0.25, 0.3) is 0 Å². The van der Waals surface area contributed by atoms with Gasteiger partial charge in [-0.25, -0.2) is 0 Å². The Balaban J connectivity index is 0.000000980. The third-order valence-electron chi connectivity index (χ3n) is 2.87. The van der Waals surface area contributed by atoms with Crippen LogP contribution in [0.4, 0.5) is 0 Å². The molecule has 2 fully saturated rings. The van der Waals surface area contributed by atoms with Crippen LogP contribution < -0.4 is 5.32 Å². The first kappa shape index (κ1) is 12.0. The van der Waals surface area contributed by atoms with E-state index < -0.39 is 0 Å². The van der Waals surface area contributed by atoms with Gasteiger partial charge in [-0.1, -0.05) is 18.6 Å². The molecule has 14 heavy (non-hydrogen) atoms. The van der Waals surface area contributed by atoms with Gasteiger partial charge in [-0.3, -0.25) is 0 Å². The van der Waals surface area contributed by atoms with Crippen LogP contribution in [0.5, 0.6) is 0 Å². The fraction of sp³-hybridized carbons (Fsp3) is 0.818. The molecule has 3 heteroatoms. The van der Waals surface area contributed by atoms with E-state index in [1.54, 1.807) is 0 Å². The number of ether oxygens (including phenoxy) is 1. The average molecular weight is 218 g/mol. The SMILES string of the molecule is C(=C\C1CCCO1)/C1CCCCN1.Cl. The lowest BCUT2D eigenvalue weighted by molar-refractivity contribution is 0.145. The van der Waals surface area contributed by atoms with Crippen molar-refractivity contribution < 1.29 is 4.74 Å². The third kappa shape index (κ3) is 3.60. The van der Waals surface area contributed by atoms with E-state index in [4.69, 9.17) is 4.74 Å². The maximum atomic E-state index is 5.53. The van der Waals surface area contributed by atoms with E-state index in [2.05, 4.69) is 17.5 Å². The molecule has 82 valence electrons. The van der Waals surface area contributed by atoms with E-state index in [1.807, 2.05) is 0 Å². The lowest BCUT2D eigenvalue weighted by Gasteiger charge is -2.20. The van der Waals surface area contributed by atoms with Crippen LogP contribution in [0, 0.1) is 0 Å². The first-order chi connectivity index (χ1) is 6.45. The smallest absolute Gasteiger partial charge is 0.0757 e. The van der Waals surface area contributed by atoms with Gasteiger partial charge in [-0.15, -0.1) is 12.4 Å². The van der Waals surface area contributed by atoms with Crippen molar-refractivity contribution in [3.63, 3.8) is 0 Å². The molecule has 2 rings (SSSR count). The minimum Gasteiger partial charge on any atom is -0.374 e. The van der Waals surface area contributed by atoms with Crippen LogP contribution in [0.3, 0.4) is 0 Å². The molecule has 0 aliphatic carbocycles. The third-order valence-corrected chi connectivity index (χ3v) is 2.87. The van der Waals surface area contributed by atoms with Crippen LogP contribution in [0.2, 0.25) is 0 Å². The molecule has 2 aliphatic rings. The number of hydrogen-bond acceptors (Lipinski definition) is 2. The Bertz CT molecular complexity index is 172. The number of rotatable bonds is 2. The monoisotopic (exact) mass is 217 g/mol. The summed E-state index contributed by atoms with van der Waals surface area (Å²) in [5, 5.41) is 3.50. The van der Waals surface area contributed by atoms with Gasteiger partial charge in [0.1, 0.15) is 0 Å². The minimum atomic E-state index is 0. The summed E-state index contributed by atoms with van der Waals surface area (Å²) in [7, 11) is 0. The summed E-state index contributed by atoms with van der Waals surface area (Å²) in [6.07, 6.45) is 11.4. The van der Waals surface area contributed by atoms with Gasteiger partial charge in [0.15, 0.2) is 0 Å². The first-order valence-corrected chi connectivity index (χ1v) is 5.48. The Hall–Kier alpha value is -0.0500. The number of hydrogen-bond donors (Lipinski definition) is 1. The van der Waals surface area contributed by atoms with Crippen molar-refractivity contribution in [2.45, 2.75) is 44.2 Å². The highest BCUT2D eigenvalue weighted by molar-refractivity contribution is 5.85. The molecular weight excluding hydrogens is 198 g/mol. The molecule has 0 aromatic rings. The molecule has 0 aromatic heterocycles. The summed E-state index contributed by atoms with van der Waals surface area (Å²) in [4.78, 5) is 0. The van der Waals surface area contributed by atoms with Gasteiger partial charge in [0.05, 0.1) is 6.10 Å². The minimum absolute atomic E-state index is 0. The van der Waals surface area contributed by atoms with E-state index in [-0.39, 0.29) is 12.4 Å². The van der Waals surface area contributed by atoms with Crippen molar-refractivity contribution >= 4 is 12.4 Å². The highest BCUT2D eigenvalue weighted by atomic mass is 35.5. The molecule has 0 radical (unpaired) electrons. The maximum Gasteiger partial charge on any atom is 0.0757 e. The van der Waals surface area contributed by atoms with Crippen molar-refractivity contribution in [1.29, 1.82) is 0 Å². The van der Waals surface area contributed by atoms with E-state index in [9.17, 15) is 0 Å². The summed E-state index contributed by atoms with van der Waals surface area (Å²) >= 11 is 0. The molecule has 2 unspecified atom stereocenters. The quantitative estimate of drug-likeness (QED) is 0.717. The maximum absolute atomic E-state index is 5.53. The highest BCUT2D eigenvalue weighted by Gasteiger charge is 2.13. The van der Waals surface area contributed by atoms with E-state index in [0.29, 0.717) is 12.1 Å². The second kappa shape index (κ2) is 6.44. The van der Waals surface area contributed by atoms with Crippen molar-refractivity contribution in [3.05, 3.63) is 12.2 Å². The highest BCUT2D eigenvalue weighted by Crippen LogP contribution is 2.14. The molecule has 2 saturated heterocycles. The molecule has 0 amide bonds. The molecular formula is C11H20ClNO. The molecule has 2 aliphatic heterocycles. The molecule has 1 N–H and O–H groups in total. The topological polar surface area (TPSA) is 21.3 Å². The van der Waals surface area contributed by atoms with Gasteiger partial charge in [-0.2, -0.15) is 0 Å². The molecule has 2 atom stereocenters. The summed E-state index contributed by atoms with van der Waals surface area (Å²) in [6.45, 7) is 2.13. The fourth-order valence-corrected chi connectivity index (χ4v) is 2.06. The summed E-state index contributed by atoms with van der Waals surface area (Å²) in [5.74, 6) is 0. The first-order valence-electron chi connectivity index (χ1n) is 5.48. The number of nitrogens with one attached hydrogen (secondary N) is 1. The average Bonchev–Trinajstić information content (AvgIpc) is 2.69. The Morgan fingerprint density at radius 2 is 2.00 bits per heavy atom. The van der Waals surface area contributed by atoms with Crippen molar-refractivity contribution in [1.82, 2.24) is 5.32 Å². The fourth-order valence-electron chi connectivity index (χ4n) is 2.06. The van der Waals surface area contributed by atoms with Crippen LogP contribution in [0.1, 0.15) is 32.1 Å². The van der Waals surface area contributed by atoms with Gasteiger partial charge >= 0.3 is 0 Å². The second-order valence-corrected chi connectivity index (χ2v) is 3.99. The zero-order chi connectivity index (χ0) is 8.93. The zero-order valence-corrected chi connectivity index (χ0v) is 9.39. The molecule has 0 saturated carbocycles. The van der Waals surface area contributed by atoms with Crippen LogP contribution in [-0.2, 0) is 4.74 Å². The summed E-state index contributed by atoms with van der Waals surface area (Å²) in [6, 6.07) is 0.609. The Morgan fingerprint density at radius 1 is 1.07 bits per heavy atom. The van der Waals surface area contributed by atoms with Gasteiger partial charge in [0, 0.05) is 12.6 Å². The van der Waals surface area contributed by atoms with E-state index in [0.717, 1.165) is 6.61 Å². The predicted molar refractivity (Wildman–Crippen MR) is 61.0 cm³/mol. The van der Waals surface area contributed by atoms with Gasteiger partial charge in [0.2, 0.25) is 0 Å². The van der Waals surface area contributed by atoms with Crippen LogP contribution in [-0.4, -0.2) is 25.3 Å². The zero-order valence-electron chi connectivity index (χ0n) is 8.58. The number of halogens is 1. The number of piperidine rings is 1. The van der Waals surface area contributed by atoms with Crippen LogP contribution >= 0.6 is 12.4 Å². The van der Waals surface area contributed by atoms with E-state index in [1.165, 1.54) is 38.6 Å². The van der Waals surface area contributed by atoms with Crippen molar-refractivity contribution in [3.8, 4) is 0 Å². The Morgan fingerprint density at radius 3 is 2.64 bits per heavy atom. The summed E-state index contributed by atoms with van der Waals surface area (Å²) in [5.41, 5.74) is 0. The van der Waals surface area contributed by atoms with Crippen molar-refractivity contribution in [2.24, 2.45) is 0 Å². The lowest BCUT2D eigenvalue weighted by Crippen LogP contribution is -2.32. The molecule has 0 bridgehead atoms. The largest absolute Gasteiger partial charge is 0.374 e. The molecule has 2 heterocycles. The van der Waals surface area contributed by atoms with Crippen molar-refractivity contribution in [2.75, 3.05) is 13.2 Å². The standard InChI is InChI=1S/C11H19NO.ClH/c1-2-8-12-10(4-1)6-7-11-5-3-9-13-11;/h6-7,10-12H,1-5,8-9H2;1H/b7-6+;. The molecule has 0 spiro atoms.